The fraction of sp³-hybridized carbons (Fsp3) is 0.0800. The Morgan fingerprint density at radius 2 is 1.75 bits per heavy atom. The van der Waals surface area contributed by atoms with Gasteiger partial charge in [-0.15, -0.1) is 0 Å². The third-order valence-electron chi connectivity index (χ3n) is 4.70. The van der Waals surface area contributed by atoms with E-state index < -0.39 is 11.9 Å². The highest BCUT2D eigenvalue weighted by Gasteiger charge is 2.25. The number of esters is 2. The van der Waals surface area contributed by atoms with E-state index in [1.54, 1.807) is 30.3 Å². The first-order valence-corrected chi connectivity index (χ1v) is 11.3. The smallest absolute Gasteiger partial charge is 0.363 e. The average Bonchev–Trinajstić information content (AvgIpc) is 3.11. The number of hydrogen-bond acceptors (Lipinski definition) is 5. The number of aliphatic imine (C=N–C) groups is 1. The van der Waals surface area contributed by atoms with Crippen molar-refractivity contribution >= 4 is 55.8 Å². The Bertz CT molecular complexity index is 1290. The molecule has 0 aliphatic carbocycles. The number of aryl methyl sites for hydroxylation is 2. The number of carbonyl (C=O) groups excluding carboxylic acids is 2. The van der Waals surface area contributed by atoms with Crippen molar-refractivity contribution in [3.8, 4) is 5.75 Å². The lowest BCUT2D eigenvalue weighted by Crippen LogP contribution is -2.10. The lowest BCUT2D eigenvalue weighted by Gasteiger charge is -2.11. The molecular weight excluding hydrogens is 538 g/mol. The molecule has 0 unspecified atom stereocenters. The normalized spacial score (nSPS) is 14.3. The van der Waals surface area contributed by atoms with Gasteiger partial charge >= 0.3 is 11.9 Å². The predicted molar refractivity (Wildman–Crippen MR) is 130 cm³/mol. The number of hydrogen-bond donors (Lipinski definition) is 0. The van der Waals surface area contributed by atoms with Gasteiger partial charge in [0.15, 0.2) is 11.4 Å². The number of nitrogens with zero attached hydrogens (tertiary/aromatic N) is 1. The highest BCUT2D eigenvalue weighted by Crippen LogP contribution is 2.35. The summed E-state index contributed by atoms with van der Waals surface area (Å²) in [5, 5.41) is 0. The third kappa shape index (κ3) is 4.89. The van der Waals surface area contributed by atoms with Crippen LogP contribution in [0.4, 0.5) is 0 Å². The van der Waals surface area contributed by atoms with Crippen molar-refractivity contribution in [2.75, 3.05) is 0 Å². The van der Waals surface area contributed by atoms with Gasteiger partial charge in [0.25, 0.3) is 0 Å². The number of benzene rings is 3. The monoisotopic (exact) mass is 553 g/mol. The van der Waals surface area contributed by atoms with E-state index in [4.69, 9.17) is 9.47 Å². The standard InChI is InChI=1S/C25H17Br2NO4/c1-14-6-8-16(9-7-14)23-28-21(25(30)32-23)12-18-11-19(26)13-20(27)22(18)31-24(29)17-5-3-4-15(2)10-17/h3-13H,1-2H3/b21-12-. The first-order chi connectivity index (χ1) is 15.3. The van der Waals surface area contributed by atoms with Gasteiger partial charge in [-0.3, -0.25) is 0 Å². The summed E-state index contributed by atoms with van der Waals surface area (Å²) in [5.41, 5.74) is 3.77. The van der Waals surface area contributed by atoms with Crippen molar-refractivity contribution in [2.45, 2.75) is 13.8 Å². The number of ether oxygens (including phenoxy) is 2. The van der Waals surface area contributed by atoms with E-state index >= 15 is 0 Å². The number of halogens is 2. The molecule has 32 heavy (non-hydrogen) atoms. The molecule has 0 fully saturated rings. The van der Waals surface area contributed by atoms with Crippen LogP contribution >= 0.6 is 31.9 Å². The summed E-state index contributed by atoms with van der Waals surface area (Å²) in [7, 11) is 0. The minimum absolute atomic E-state index is 0.110. The molecule has 1 aliphatic heterocycles. The zero-order valence-electron chi connectivity index (χ0n) is 17.2. The Balaban J connectivity index is 1.70. The van der Waals surface area contributed by atoms with Gasteiger partial charge in [-0.25, -0.2) is 14.6 Å². The van der Waals surface area contributed by atoms with Crippen LogP contribution in [0.5, 0.6) is 5.75 Å². The second-order valence-corrected chi connectivity index (χ2v) is 9.04. The molecule has 1 heterocycles. The largest absolute Gasteiger partial charge is 0.421 e. The van der Waals surface area contributed by atoms with Gasteiger partial charge in [-0.2, -0.15) is 0 Å². The summed E-state index contributed by atoms with van der Waals surface area (Å²) in [6.07, 6.45) is 1.54. The molecule has 7 heteroatoms. The van der Waals surface area contributed by atoms with E-state index in [9.17, 15) is 9.59 Å². The highest BCUT2D eigenvalue weighted by molar-refractivity contribution is 9.11. The molecule has 0 N–H and O–H groups in total. The molecule has 0 bridgehead atoms. The van der Waals surface area contributed by atoms with E-state index in [2.05, 4.69) is 36.9 Å². The molecule has 0 radical (unpaired) electrons. The minimum Gasteiger partial charge on any atom is -0.421 e. The van der Waals surface area contributed by atoms with Crippen LogP contribution in [0, 0.1) is 13.8 Å². The fourth-order valence-electron chi connectivity index (χ4n) is 3.09. The Hall–Kier alpha value is -3.03. The summed E-state index contributed by atoms with van der Waals surface area (Å²) in [6, 6.07) is 18.1. The van der Waals surface area contributed by atoms with Gasteiger partial charge in [-0.1, -0.05) is 51.3 Å². The lowest BCUT2D eigenvalue weighted by atomic mass is 10.1. The van der Waals surface area contributed by atoms with Crippen LogP contribution < -0.4 is 4.74 Å². The molecule has 160 valence electrons. The summed E-state index contributed by atoms with van der Waals surface area (Å²) in [6.45, 7) is 3.87. The van der Waals surface area contributed by atoms with Crippen molar-refractivity contribution in [1.82, 2.24) is 0 Å². The zero-order valence-corrected chi connectivity index (χ0v) is 20.4. The molecule has 0 spiro atoms. The average molecular weight is 555 g/mol. The topological polar surface area (TPSA) is 65.0 Å². The fourth-order valence-corrected chi connectivity index (χ4v) is 4.43. The van der Waals surface area contributed by atoms with Crippen molar-refractivity contribution < 1.29 is 19.1 Å². The van der Waals surface area contributed by atoms with E-state index in [1.807, 2.05) is 44.2 Å². The van der Waals surface area contributed by atoms with Gasteiger partial charge in [-0.05, 0) is 72.3 Å². The minimum atomic E-state index is -0.576. The molecule has 4 rings (SSSR count). The Kier molecular flexibility index (Phi) is 6.39. The molecule has 1 aliphatic rings. The van der Waals surface area contributed by atoms with Crippen molar-refractivity contribution in [3.63, 3.8) is 0 Å². The third-order valence-corrected chi connectivity index (χ3v) is 5.74. The van der Waals surface area contributed by atoms with E-state index in [1.165, 1.54) is 6.08 Å². The van der Waals surface area contributed by atoms with Crippen LogP contribution in [0.3, 0.4) is 0 Å². The molecule has 0 saturated heterocycles. The summed E-state index contributed by atoms with van der Waals surface area (Å²) in [5.74, 6) is -0.575. The second-order valence-electron chi connectivity index (χ2n) is 7.27. The number of cyclic esters (lactones) is 1. The van der Waals surface area contributed by atoms with E-state index in [0.29, 0.717) is 21.2 Å². The molecule has 0 amide bonds. The first kappa shape index (κ1) is 22.2. The maximum atomic E-state index is 12.7. The summed E-state index contributed by atoms with van der Waals surface area (Å²) < 4.78 is 12.3. The zero-order chi connectivity index (χ0) is 22.8. The summed E-state index contributed by atoms with van der Waals surface area (Å²) in [4.78, 5) is 29.5. The van der Waals surface area contributed by atoms with E-state index in [0.717, 1.165) is 15.6 Å². The molecule has 3 aromatic carbocycles. The Morgan fingerprint density at radius 3 is 2.47 bits per heavy atom. The van der Waals surface area contributed by atoms with Crippen LogP contribution in [0.2, 0.25) is 0 Å². The predicted octanol–water partition coefficient (Wildman–Crippen LogP) is 6.39. The molecule has 5 nitrogen and oxygen atoms in total. The van der Waals surface area contributed by atoms with E-state index in [-0.39, 0.29) is 17.3 Å². The van der Waals surface area contributed by atoms with Crippen molar-refractivity contribution in [3.05, 3.63) is 103 Å². The highest BCUT2D eigenvalue weighted by atomic mass is 79.9. The van der Waals surface area contributed by atoms with Gasteiger partial charge in [0.2, 0.25) is 5.90 Å². The van der Waals surface area contributed by atoms with Crippen molar-refractivity contribution in [1.29, 1.82) is 0 Å². The van der Waals surface area contributed by atoms with Crippen LogP contribution in [-0.4, -0.2) is 17.8 Å². The maximum absolute atomic E-state index is 12.7. The number of rotatable bonds is 4. The second kappa shape index (κ2) is 9.22. The quantitative estimate of drug-likeness (QED) is 0.213. The van der Waals surface area contributed by atoms with Gasteiger partial charge in [0.1, 0.15) is 0 Å². The van der Waals surface area contributed by atoms with Gasteiger partial charge in [0.05, 0.1) is 10.0 Å². The maximum Gasteiger partial charge on any atom is 0.363 e. The van der Waals surface area contributed by atoms with Crippen LogP contribution in [0.1, 0.15) is 32.6 Å². The summed E-state index contributed by atoms with van der Waals surface area (Å²) >= 11 is 6.88. The number of carbonyl (C=O) groups is 2. The van der Waals surface area contributed by atoms with Gasteiger partial charge in [0, 0.05) is 15.6 Å². The molecule has 3 aromatic rings. The van der Waals surface area contributed by atoms with Gasteiger partial charge < -0.3 is 9.47 Å². The van der Waals surface area contributed by atoms with Crippen LogP contribution in [0.25, 0.3) is 6.08 Å². The molecule has 0 atom stereocenters. The molecule has 0 aromatic heterocycles. The van der Waals surface area contributed by atoms with Crippen molar-refractivity contribution in [2.24, 2.45) is 4.99 Å². The Morgan fingerprint density at radius 1 is 1.00 bits per heavy atom. The molecule has 0 saturated carbocycles. The first-order valence-electron chi connectivity index (χ1n) is 9.67. The molecular formula is C25H17Br2NO4. The Labute approximate surface area is 202 Å². The van der Waals surface area contributed by atoms with Crippen LogP contribution in [-0.2, 0) is 9.53 Å². The van der Waals surface area contributed by atoms with Crippen LogP contribution in [0.15, 0.2) is 80.3 Å². The lowest BCUT2D eigenvalue weighted by molar-refractivity contribution is -0.129. The SMILES string of the molecule is Cc1ccc(C2=N/C(=C\c3cc(Br)cc(Br)c3OC(=O)c3cccc(C)c3)C(=O)O2)cc1.